The van der Waals surface area contributed by atoms with E-state index in [9.17, 15) is 8.42 Å². The maximum atomic E-state index is 11.7. The fourth-order valence-electron chi connectivity index (χ4n) is 1.08. The van der Waals surface area contributed by atoms with Gasteiger partial charge in [-0.05, 0) is 28.1 Å². The summed E-state index contributed by atoms with van der Waals surface area (Å²) in [5.41, 5.74) is 0.127. The molecule has 15 heavy (non-hydrogen) atoms. The van der Waals surface area contributed by atoms with Crippen LogP contribution in [0.5, 0.6) is 0 Å². The molecule has 0 atom stereocenters. The van der Waals surface area contributed by atoms with E-state index in [4.69, 9.17) is 16.9 Å². The molecule has 0 fully saturated rings. The smallest absolute Gasteiger partial charge is 0.180 e. The summed E-state index contributed by atoms with van der Waals surface area (Å²) in [6, 6.07) is 6.47. The van der Waals surface area contributed by atoms with Gasteiger partial charge in [0, 0.05) is 10.4 Å². The summed E-state index contributed by atoms with van der Waals surface area (Å²) in [5, 5.41) is 8.85. The van der Waals surface area contributed by atoms with Gasteiger partial charge in [0.15, 0.2) is 9.84 Å². The number of nitriles is 1. The summed E-state index contributed by atoms with van der Waals surface area (Å²) < 4.78 is 23.9. The van der Waals surface area contributed by atoms with Crippen molar-refractivity contribution in [2.45, 2.75) is 4.90 Å². The first-order valence-corrected chi connectivity index (χ1v) is 6.98. The van der Waals surface area contributed by atoms with Crippen LogP contribution in [0.15, 0.2) is 27.6 Å². The Labute approximate surface area is 102 Å². The molecule has 0 unspecified atom stereocenters. The monoisotopic (exact) mass is 307 g/mol. The average Bonchev–Trinajstić information content (AvgIpc) is 2.17. The number of sulfone groups is 1. The normalized spacial score (nSPS) is 11.0. The lowest BCUT2D eigenvalue weighted by Crippen LogP contribution is -2.09. The fraction of sp³-hybridized carbons (Fsp3) is 0.222. The molecular formula is C9H7BrClNO2S. The molecule has 0 N–H and O–H groups in total. The van der Waals surface area contributed by atoms with Gasteiger partial charge in [0.05, 0.1) is 16.2 Å². The van der Waals surface area contributed by atoms with E-state index in [1.807, 2.05) is 6.07 Å². The fourth-order valence-corrected chi connectivity index (χ4v) is 3.45. The third kappa shape index (κ3) is 2.71. The minimum Gasteiger partial charge on any atom is -0.224 e. The summed E-state index contributed by atoms with van der Waals surface area (Å²) in [5.74, 6) is -0.153. The summed E-state index contributed by atoms with van der Waals surface area (Å²) in [7, 11) is -3.46. The maximum Gasteiger partial charge on any atom is 0.180 e. The molecule has 0 saturated heterocycles. The SMILES string of the molecule is N#Cc1c(Br)cccc1S(=O)(=O)CCCl. The Kier molecular flexibility index (Phi) is 4.14. The average molecular weight is 309 g/mol. The van der Waals surface area contributed by atoms with Gasteiger partial charge >= 0.3 is 0 Å². The third-order valence-electron chi connectivity index (χ3n) is 1.77. The Bertz CT molecular complexity index is 507. The van der Waals surface area contributed by atoms with Gasteiger partial charge in [-0.25, -0.2) is 8.42 Å². The maximum absolute atomic E-state index is 11.7. The van der Waals surface area contributed by atoms with E-state index in [1.165, 1.54) is 6.07 Å². The Hall–Kier alpha value is -0.570. The minimum atomic E-state index is -3.46. The predicted octanol–water partition coefficient (Wildman–Crippen LogP) is 2.33. The lowest BCUT2D eigenvalue weighted by molar-refractivity contribution is 0.597. The molecule has 1 rings (SSSR count). The number of hydrogen-bond donors (Lipinski definition) is 0. The van der Waals surface area contributed by atoms with E-state index in [0.29, 0.717) is 4.47 Å². The van der Waals surface area contributed by atoms with Crippen molar-refractivity contribution >= 4 is 37.4 Å². The molecule has 0 heterocycles. The molecule has 3 nitrogen and oxygen atoms in total. The number of halogens is 2. The molecule has 0 bridgehead atoms. The molecule has 0 spiro atoms. The van der Waals surface area contributed by atoms with Crippen molar-refractivity contribution in [2.75, 3.05) is 11.6 Å². The lowest BCUT2D eigenvalue weighted by Gasteiger charge is -2.05. The standard InChI is InChI=1S/C9H7BrClNO2S/c10-8-2-1-3-9(7(8)6-12)15(13,14)5-4-11/h1-3H,4-5H2. The number of alkyl halides is 1. The van der Waals surface area contributed by atoms with Crippen LogP contribution in [0, 0.1) is 11.3 Å². The highest BCUT2D eigenvalue weighted by Crippen LogP contribution is 2.24. The summed E-state index contributed by atoms with van der Waals surface area (Å²) in [6.45, 7) is 0. The number of hydrogen-bond acceptors (Lipinski definition) is 3. The highest BCUT2D eigenvalue weighted by molar-refractivity contribution is 9.10. The zero-order chi connectivity index (χ0) is 11.5. The van der Waals surface area contributed by atoms with E-state index >= 15 is 0 Å². The van der Waals surface area contributed by atoms with Crippen LogP contribution < -0.4 is 0 Å². The molecule has 0 amide bonds. The van der Waals surface area contributed by atoms with Gasteiger partial charge in [0.2, 0.25) is 0 Å². The predicted molar refractivity (Wildman–Crippen MR) is 61.6 cm³/mol. The number of benzene rings is 1. The third-order valence-corrected chi connectivity index (χ3v) is 4.59. The second kappa shape index (κ2) is 4.97. The lowest BCUT2D eigenvalue weighted by atomic mass is 10.2. The zero-order valence-electron chi connectivity index (χ0n) is 7.57. The van der Waals surface area contributed by atoms with Crippen LogP contribution in [0.4, 0.5) is 0 Å². The molecule has 0 radical (unpaired) electrons. The van der Waals surface area contributed by atoms with Gasteiger partial charge in [-0.1, -0.05) is 6.07 Å². The van der Waals surface area contributed by atoms with E-state index in [1.54, 1.807) is 12.1 Å². The van der Waals surface area contributed by atoms with Gasteiger partial charge in [0.25, 0.3) is 0 Å². The van der Waals surface area contributed by atoms with Gasteiger partial charge in [0.1, 0.15) is 6.07 Å². The second-order valence-corrected chi connectivity index (χ2v) is 6.04. The van der Waals surface area contributed by atoms with E-state index < -0.39 is 9.84 Å². The molecule has 0 aliphatic rings. The summed E-state index contributed by atoms with van der Waals surface area (Å²) in [6.07, 6.45) is 0. The van der Waals surface area contributed by atoms with Crippen molar-refractivity contribution in [1.29, 1.82) is 5.26 Å². The van der Waals surface area contributed by atoms with Gasteiger partial charge < -0.3 is 0 Å². The second-order valence-electron chi connectivity index (χ2n) is 2.73. The first-order valence-electron chi connectivity index (χ1n) is 4.00. The van der Waals surface area contributed by atoms with Crippen molar-refractivity contribution in [2.24, 2.45) is 0 Å². The molecule has 0 aliphatic heterocycles. The highest BCUT2D eigenvalue weighted by Gasteiger charge is 2.19. The molecule has 1 aromatic carbocycles. The van der Waals surface area contributed by atoms with Crippen molar-refractivity contribution in [3.05, 3.63) is 28.2 Å². The number of rotatable bonds is 3. The Balaban J connectivity index is 3.40. The van der Waals surface area contributed by atoms with E-state index in [-0.39, 0.29) is 22.1 Å². The Morgan fingerprint density at radius 2 is 2.13 bits per heavy atom. The van der Waals surface area contributed by atoms with Crippen molar-refractivity contribution < 1.29 is 8.42 Å². The van der Waals surface area contributed by atoms with Crippen LogP contribution in [-0.2, 0) is 9.84 Å². The molecule has 0 aliphatic carbocycles. The topological polar surface area (TPSA) is 57.9 Å². The van der Waals surface area contributed by atoms with Crippen LogP contribution in [0.25, 0.3) is 0 Å². The zero-order valence-corrected chi connectivity index (χ0v) is 10.7. The highest BCUT2D eigenvalue weighted by atomic mass is 79.9. The van der Waals surface area contributed by atoms with Crippen LogP contribution in [0.2, 0.25) is 0 Å². The molecule has 1 aromatic rings. The molecule has 0 aromatic heterocycles. The Morgan fingerprint density at radius 1 is 1.47 bits per heavy atom. The van der Waals surface area contributed by atoms with Crippen LogP contribution in [0.3, 0.4) is 0 Å². The van der Waals surface area contributed by atoms with E-state index in [2.05, 4.69) is 15.9 Å². The summed E-state index contributed by atoms with van der Waals surface area (Å²) in [4.78, 5) is 0.0278. The first-order chi connectivity index (χ1) is 7.03. The van der Waals surface area contributed by atoms with Gasteiger partial charge in [-0.15, -0.1) is 11.6 Å². The van der Waals surface area contributed by atoms with Crippen LogP contribution in [-0.4, -0.2) is 20.1 Å². The Morgan fingerprint density at radius 3 is 2.67 bits per heavy atom. The van der Waals surface area contributed by atoms with Gasteiger partial charge in [-0.3, -0.25) is 0 Å². The molecule has 6 heteroatoms. The quantitative estimate of drug-likeness (QED) is 0.805. The van der Waals surface area contributed by atoms with Crippen molar-refractivity contribution in [3.8, 4) is 6.07 Å². The molecule has 0 saturated carbocycles. The van der Waals surface area contributed by atoms with Crippen LogP contribution >= 0.6 is 27.5 Å². The van der Waals surface area contributed by atoms with Crippen molar-refractivity contribution in [1.82, 2.24) is 0 Å². The van der Waals surface area contributed by atoms with Crippen LogP contribution in [0.1, 0.15) is 5.56 Å². The minimum absolute atomic E-state index is 0.0136. The molecule has 80 valence electrons. The number of nitrogens with zero attached hydrogens (tertiary/aromatic N) is 1. The molecular weight excluding hydrogens is 302 g/mol. The van der Waals surface area contributed by atoms with E-state index in [0.717, 1.165) is 0 Å². The summed E-state index contributed by atoms with van der Waals surface area (Å²) >= 11 is 8.53. The largest absolute Gasteiger partial charge is 0.224 e. The van der Waals surface area contributed by atoms with Crippen molar-refractivity contribution in [3.63, 3.8) is 0 Å². The first kappa shape index (κ1) is 12.5. The van der Waals surface area contributed by atoms with Gasteiger partial charge in [-0.2, -0.15) is 5.26 Å².